The molecule has 0 aliphatic heterocycles. The molecule has 148 valence electrons. The van der Waals surface area contributed by atoms with Gasteiger partial charge in [0.1, 0.15) is 5.03 Å². The fraction of sp³-hybridized carbons (Fsp3) is 0.174. The molecule has 1 heterocycles. The van der Waals surface area contributed by atoms with E-state index in [4.69, 9.17) is 0 Å². The van der Waals surface area contributed by atoms with Crippen molar-refractivity contribution in [3.8, 4) is 0 Å². The van der Waals surface area contributed by atoms with Crippen LogP contribution in [-0.2, 0) is 5.41 Å². The minimum absolute atomic E-state index is 0.0103. The zero-order chi connectivity index (χ0) is 20.9. The van der Waals surface area contributed by atoms with Crippen LogP contribution >= 0.6 is 11.8 Å². The Kier molecular flexibility index (Phi) is 6.34. The van der Waals surface area contributed by atoms with Crippen molar-refractivity contribution in [2.75, 3.05) is 0 Å². The van der Waals surface area contributed by atoms with Crippen LogP contribution in [-0.4, -0.2) is 16.8 Å². The molecule has 0 aliphatic carbocycles. The van der Waals surface area contributed by atoms with E-state index in [1.165, 1.54) is 11.8 Å². The van der Waals surface area contributed by atoms with Crippen molar-refractivity contribution in [2.45, 2.75) is 36.1 Å². The molecule has 0 saturated carbocycles. The average molecular weight is 406 g/mol. The first-order valence-corrected chi connectivity index (χ1v) is 10.1. The highest BCUT2D eigenvalue weighted by molar-refractivity contribution is 7.99. The third-order valence-electron chi connectivity index (χ3n) is 4.28. The van der Waals surface area contributed by atoms with Crippen LogP contribution in [0.1, 0.15) is 47.1 Å². The maximum atomic E-state index is 12.6. The van der Waals surface area contributed by atoms with Gasteiger partial charge in [-0.15, -0.1) is 0 Å². The minimum Gasteiger partial charge on any atom is -0.267 e. The quantitative estimate of drug-likeness (QED) is 0.622. The number of nitrogens with zero attached hydrogens (tertiary/aromatic N) is 1. The molecule has 29 heavy (non-hydrogen) atoms. The minimum atomic E-state index is -0.420. The lowest BCUT2D eigenvalue weighted by Crippen LogP contribution is -2.41. The number of benzene rings is 2. The maximum Gasteiger partial charge on any atom is 0.272 e. The van der Waals surface area contributed by atoms with Gasteiger partial charge >= 0.3 is 0 Å². The van der Waals surface area contributed by atoms with Crippen LogP contribution in [0.3, 0.4) is 0 Å². The zero-order valence-electron chi connectivity index (χ0n) is 16.6. The van der Waals surface area contributed by atoms with Crippen molar-refractivity contribution < 1.29 is 9.59 Å². The third kappa shape index (κ3) is 5.45. The molecule has 0 atom stereocenters. The molecule has 0 radical (unpaired) electrons. The maximum absolute atomic E-state index is 12.6. The summed E-state index contributed by atoms with van der Waals surface area (Å²) in [5.41, 5.74) is 6.96. The molecule has 5 nitrogen and oxygen atoms in total. The molecule has 2 N–H and O–H groups in total. The Morgan fingerprint density at radius 1 is 0.828 bits per heavy atom. The largest absolute Gasteiger partial charge is 0.272 e. The van der Waals surface area contributed by atoms with E-state index in [0.717, 1.165) is 10.5 Å². The van der Waals surface area contributed by atoms with Crippen LogP contribution in [0, 0.1) is 0 Å². The molecule has 0 bridgehead atoms. The number of aromatic nitrogens is 1. The van der Waals surface area contributed by atoms with Gasteiger partial charge in [0.05, 0.1) is 5.56 Å². The van der Waals surface area contributed by atoms with Crippen LogP contribution in [0.15, 0.2) is 82.8 Å². The molecular weight excluding hydrogens is 382 g/mol. The second kappa shape index (κ2) is 8.92. The Morgan fingerprint density at radius 3 is 2.14 bits per heavy atom. The number of hydrazine groups is 1. The Balaban J connectivity index is 1.66. The normalized spacial score (nSPS) is 11.0. The van der Waals surface area contributed by atoms with Gasteiger partial charge in [-0.3, -0.25) is 20.4 Å². The first-order valence-electron chi connectivity index (χ1n) is 9.24. The highest BCUT2D eigenvalue weighted by Crippen LogP contribution is 2.28. The Bertz CT molecular complexity index is 997. The van der Waals surface area contributed by atoms with Crippen LogP contribution in [0.4, 0.5) is 0 Å². The van der Waals surface area contributed by atoms with Crippen molar-refractivity contribution in [1.29, 1.82) is 0 Å². The zero-order valence-corrected chi connectivity index (χ0v) is 17.4. The van der Waals surface area contributed by atoms with Crippen LogP contribution in [0.25, 0.3) is 0 Å². The van der Waals surface area contributed by atoms with E-state index in [0.29, 0.717) is 16.2 Å². The fourth-order valence-electron chi connectivity index (χ4n) is 2.62. The number of hydrogen-bond acceptors (Lipinski definition) is 4. The van der Waals surface area contributed by atoms with Gasteiger partial charge in [-0.05, 0) is 47.4 Å². The molecule has 0 fully saturated rings. The molecule has 0 saturated heterocycles. The van der Waals surface area contributed by atoms with Gasteiger partial charge in [-0.1, -0.05) is 62.9 Å². The van der Waals surface area contributed by atoms with Crippen LogP contribution < -0.4 is 10.9 Å². The molecule has 3 rings (SSSR count). The molecule has 2 amide bonds. The number of amides is 2. The van der Waals surface area contributed by atoms with Crippen molar-refractivity contribution in [2.24, 2.45) is 0 Å². The van der Waals surface area contributed by atoms with Gasteiger partial charge in [-0.25, -0.2) is 4.98 Å². The predicted octanol–water partition coefficient (Wildman–Crippen LogP) is 4.61. The van der Waals surface area contributed by atoms with Crippen molar-refractivity contribution in [1.82, 2.24) is 15.8 Å². The standard InChI is InChI=1S/C23H23N3O2S/c1-23(2,3)17-13-11-16(12-14-17)20(27)25-26-21(28)19-10-7-15-24-22(19)29-18-8-5-4-6-9-18/h4-15H,1-3H3,(H,25,27)(H,26,28). The van der Waals surface area contributed by atoms with Gasteiger partial charge in [-0.2, -0.15) is 0 Å². The molecule has 6 heteroatoms. The molecular formula is C23H23N3O2S. The second-order valence-electron chi connectivity index (χ2n) is 7.51. The van der Waals surface area contributed by atoms with E-state index in [1.54, 1.807) is 30.5 Å². The molecule has 0 unspecified atom stereocenters. The molecule has 3 aromatic rings. The Labute approximate surface area is 174 Å². The number of carbonyl (C=O) groups is 2. The third-order valence-corrected chi connectivity index (χ3v) is 5.30. The number of nitrogens with one attached hydrogen (secondary N) is 2. The smallest absolute Gasteiger partial charge is 0.267 e. The summed E-state index contributed by atoms with van der Waals surface area (Å²) in [6.45, 7) is 6.34. The fourth-order valence-corrected chi connectivity index (χ4v) is 3.52. The number of hydrogen-bond donors (Lipinski definition) is 2. The summed E-state index contributed by atoms with van der Waals surface area (Å²) in [6.07, 6.45) is 1.64. The van der Waals surface area contributed by atoms with E-state index in [1.807, 2.05) is 42.5 Å². The number of carbonyl (C=O) groups excluding carboxylic acids is 2. The number of rotatable bonds is 4. The van der Waals surface area contributed by atoms with Gasteiger partial charge in [0.15, 0.2) is 0 Å². The van der Waals surface area contributed by atoms with Gasteiger partial charge in [0.2, 0.25) is 0 Å². The molecule has 1 aromatic heterocycles. The molecule has 0 spiro atoms. The monoisotopic (exact) mass is 405 g/mol. The van der Waals surface area contributed by atoms with E-state index < -0.39 is 5.91 Å². The lowest BCUT2D eigenvalue weighted by molar-refractivity contribution is 0.0844. The Hall–Kier alpha value is -3.12. The number of pyridine rings is 1. The highest BCUT2D eigenvalue weighted by atomic mass is 32.2. The predicted molar refractivity (Wildman–Crippen MR) is 115 cm³/mol. The van der Waals surface area contributed by atoms with Crippen LogP contribution in [0.2, 0.25) is 0 Å². The Morgan fingerprint density at radius 2 is 1.48 bits per heavy atom. The van der Waals surface area contributed by atoms with Gasteiger partial charge < -0.3 is 0 Å². The van der Waals surface area contributed by atoms with Crippen LogP contribution in [0.5, 0.6) is 0 Å². The second-order valence-corrected chi connectivity index (χ2v) is 8.57. The van der Waals surface area contributed by atoms with Crippen molar-refractivity contribution in [3.05, 3.63) is 89.6 Å². The summed E-state index contributed by atoms with van der Waals surface area (Å²) in [5.74, 6) is -0.795. The van der Waals surface area contributed by atoms with E-state index in [2.05, 4.69) is 36.6 Å². The summed E-state index contributed by atoms with van der Waals surface area (Å²) in [7, 11) is 0. The van der Waals surface area contributed by atoms with E-state index >= 15 is 0 Å². The summed E-state index contributed by atoms with van der Waals surface area (Å²) in [5, 5.41) is 0.569. The summed E-state index contributed by atoms with van der Waals surface area (Å²) in [6, 6.07) is 20.4. The van der Waals surface area contributed by atoms with Crippen molar-refractivity contribution >= 4 is 23.6 Å². The average Bonchev–Trinajstić information content (AvgIpc) is 2.72. The van der Waals surface area contributed by atoms with Gasteiger partial charge in [0, 0.05) is 16.7 Å². The van der Waals surface area contributed by atoms with E-state index in [-0.39, 0.29) is 11.3 Å². The van der Waals surface area contributed by atoms with Gasteiger partial charge in [0.25, 0.3) is 11.8 Å². The van der Waals surface area contributed by atoms with Crippen molar-refractivity contribution in [3.63, 3.8) is 0 Å². The SMILES string of the molecule is CC(C)(C)c1ccc(C(=O)NNC(=O)c2cccnc2Sc2ccccc2)cc1. The summed E-state index contributed by atoms with van der Waals surface area (Å²) < 4.78 is 0. The lowest BCUT2D eigenvalue weighted by Gasteiger charge is -2.19. The topological polar surface area (TPSA) is 71.1 Å². The first-order chi connectivity index (χ1) is 13.8. The first kappa shape index (κ1) is 20.6. The highest BCUT2D eigenvalue weighted by Gasteiger charge is 2.16. The summed E-state index contributed by atoms with van der Waals surface area (Å²) >= 11 is 1.39. The van der Waals surface area contributed by atoms with E-state index in [9.17, 15) is 9.59 Å². The lowest BCUT2D eigenvalue weighted by atomic mass is 9.87. The summed E-state index contributed by atoms with van der Waals surface area (Å²) in [4.78, 5) is 30.2. The molecule has 0 aliphatic rings. The molecule has 2 aromatic carbocycles.